The predicted molar refractivity (Wildman–Crippen MR) is 108 cm³/mol. The monoisotopic (exact) mass is 371 g/mol. The number of hydrogen-bond donors (Lipinski definition) is 1. The number of carbonyl (C=O) groups excluding carboxylic acids is 1. The van der Waals surface area contributed by atoms with Gasteiger partial charge in [-0.15, -0.1) is 11.3 Å². The van der Waals surface area contributed by atoms with Gasteiger partial charge in [0.25, 0.3) is 0 Å². The number of piperidine rings is 1. The van der Waals surface area contributed by atoms with E-state index in [-0.39, 0.29) is 5.91 Å². The van der Waals surface area contributed by atoms with Gasteiger partial charge in [0.2, 0.25) is 5.91 Å². The molecule has 1 aliphatic heterocycles. The maximum absolute atomic E-state index is 12.1. The second-order valence-corrected chi connectivity index (χ2v) is 8.28. The molecule has 1 N–H and O–H groups in total. The Labute approximate surface area is 160 Å². The molecule has 0 radical (unpaired) electrons. The lowest BCUT2D eigenvalue weighted by Gasteiger charge is -2.30. The zero-order valence-electron chi connectivity index (χ0n) is 15.8. The van der Waals surface area contributed by atoms with E-state index >= 15 is 0 Å². The third-order valence-corrected chi connectivity index (χ3v) is 5.95. The molecule has 0 aliphatic carbocycles. The van der Waals surface area contributed by atoms with Crippen molar-refractivity contribution in [1.82, 2.24) is 15.2 Å². The van der Waals surface area contributed by atoms with Crippen molar-refractivity contribution >= 4 is 17.2 Å². The highest BCUT2D eigenvalue weighted by molar-refractivity contribution is 7.13. The lowest BCUT2D eigenvalue weighted by Crippen LogP contribution is -2.35. The van der Waals surface area contributed by atoms with Crippen LogP contribution in [-0.4, -0.2) is 42.0 Å². The maximum atomic E-state index is 12.1. The van der Waals surface area contributed by atoms with Crippen molar-refractivity contribution in [2.45, 2.75) is 39.5 Å². The number of benzene rings is 1. The number of nitrogens with one attached hydrogen (secondary N) is 1. The average molecular weight is 372 g/mol. The number of likely N-dealkylation sites (tertiary alicyclic amines) is 1. The number of aromatic nitrogens is 1. The molecule has 26 heavy (non-hydrogen) atoms. The van der Waals surface area contributed by atoms with Gasteiger partial charge in [-0.05, 0) is 57.8 Å². The fourth-order valence-electron chi connectivity index (χ4n) is 3.34. The molecule has 140 valence electrons. The van der Waals surface area contributed by atoms with Crippen LogP contribution in [0.25, 0.3) is 10.6 Å². The zero-order valence-corrected chi connectivity index (χ0v) is 16.6. The Hall–Kier alpha value is -1.72. The van der Waals surface area contributed by atoms with Crippen LogP contribution in [-0.2, 0) is 11.2 Å². The third kappa shape index (κ3) is 5.64. The van der Waals surface area contributed by atoms with Gasteiger partial charge in [0.1, 0.15) is 5.01 Å². The third-order valence-electron chi connectivity index (χ3n) is 5.01. The number of thiazole rings is 1. The minimum Gasteiger partial charge on any atom is -0.356 e. The molecule has 0 unspecified atom stereocenters. The lowest BCUT2D eigenvalue weighted by atomic mass is 9.99. The van der Waals surface area contributed by atoms with Crippen LogP contribution in [0.15, 0.2) is 29.6 Å². The van der Waals surface area contributed by atoms with Crippen LogP contribution in [0, 0.1) is 12.8 Å². The second kappa shape index (κ2) is 9.28. The summed E-state index contributed by atoms with van der Waals surface area (Å²) in [6.07, 6.45) is 3.99. The molecule has 2 heterocycles. The summed E-state index contributed by atoms with van der Waals surface area (Å²) in [6, 6.07) is 8.32. The van der Waals surface area contributed by atoms with E-state index in [0.717, 1.165) is 41.7 Å². The zero-order chi connectivity index (χ0) is 18.4. The highest BCUT2D eigenvalue weighted by Gasteiger charge is 2.15. The van der Waals surface area contributed by atoms with Gasteiger partial charge in [-0.25, -0.2) is 4.98 Å². The number of rotatable bonds is 7. The molecule has 1 fully saturated rings. The SMILES string of the molecule is Cc1cccc(-c2nc(CC(=O)NCCCN3CCC(C)CC3)cs2)c1. The first kappa shape index (κ1) is 19.1. The van der Waals surface area contributed by atoms with Gasteiger partial charge in [-0.2, -0.15) is 0 Å². The number of aryl methyl sites for hydroxylation is 1. The van der Waals surface area contributed by atoms with Crippen LogP contribution >= 0.6 is 11.3 Å². The molecule has 0 bridgehead atoms. The van der Waals surface area contributed by atoms with Crippen molar-refractivity contribution < 1.29 is 4.79 Å². The number of amides is 1. The topological polar surface area (TPSA) is 45.2 Å². The van der Waals surface area contributed by atoms with Crippen LogP contribution < -0.4 is 5.32 Å². The Morgan fingerprint density at radius 1 is 1.35 bits per heavy atom. The highest BCUT2D eigenvalue weighted by Crippen LogP contribution is 2.24. The second-order valence-electron chi connectivity index (χ2n) is 7.42. The molecule has 0 saturated carbocycles. The molecule has 4 nitrogen and oxygen atoms in total. The fourth-order valence-corrected chi connectivity index (χ4v) is 4.16. The quantitative estimate of drug-likeness (QED) is 0.751. The summed E-state index contributed by atoms with van der Waals surface area (Å²) in [5.74, 6) is 0.937. The van der Waals surface area contributed by atoms with Crippen LogP contribution in [0.2, 0.25) is 0 Å². The Morgan fingerprint density at radius 2 is 2.15 bits per heavy atom. The van der Waals surface area contributed by atoms with Gasteiger partial charge in [0, 0.05) is 17.5 Å². The van der Waals surface area contributed by atoms with Gasteiger partial charge >= 0.3 is 0 Å². The van der Waals surface area contributed by atoms with Crippen molar-refractivity contribution in [2.24, 2.45) is 5.92 Å². The molecular formula is C21H29N3OS. The van der Waals surface area contributed by atoms with E-state index in [1.54, 1.807) is 11.3 Å². The minimum absolute atomic E-state index is 0.0679. The van der Waals surface area contributed by atoms with Crippen LogP contribution in [0.5, 0.6) is 0 Å². The molecule has 3 rings (SSSR count). The molecule has 0 spiro atoms. The first-order valence-corrected chi connectivity index (χ1v) is 10.5. The summed E-state index contributed by atoms with van der Waals surface area (Å²) in [5.41, 5.74) is 3.20. The molecule has 1 saturated heterocycles. The molecule has 1 amide bonds. The number of nitrogens with zero attached hydrogens (tertiary/aromatic N) is 2. The van der Waals surface area contributed by atoms with E-state index in [1.165, 1.54) is 31.5 Å². The van der Waals surface area contributed by atoms with E-state index in [2.05, 4.69) is 47.2 Å². The van der Waals surface area contributed by atoms with Crippen LogP contribution in [0.4, 0.5) is 0 Å². The van der Waals surface area contributed by atoms with Gasteiger partial charge < -0.3 is 10.2 Å². The van der Waals surface area contributed by atoms with Crippen LogP contribution in [0.3, 0.4) is 0 Å². The first-order chi connectivity index (χ1) is 12.6. The van der Waals surface area contributed by atoms with Crippen molar-refractivity contribution in [2.75, 3.05) is 26.2 Å². The van der Waals surface area contributed by atoms with E-state index in [9.17, 15) is 4.79 Å². The fraction of sp³-hybridized carbons (Fsp3) is 0.524. The summed E-state index contributed by atoms with van der Waals surface area (Å²) >= 11 is 1.60. The molecule has 1 aliphatic rings. The van der Waals surface area contributed by atoms with Crippen molar-refractivity contribution in [1.29, 1.82) is 0 Å². The van der Waals surface area contributed by atoms with Gasteiger partial charge in [0.15, 0.2) is 0 Å². The molecule has 5 heteroatoms. The van der Waals surface area contributed by atoms with Gasteiger partial charge in [-0.3, -0.25) is 4.79 Å². The molecule has 1 aromatic heterocycles. The van der Waals surface area contributed by atoms with E-state index in [4.69, 9.17) is 0 Å². The first-order valence-electron chi connectivity index (χ1n) is 9.60. The Kier molecular flexibility index (Phi) is 6.80. The lowest BCUT2D eigenvalue weighted by molar-refractivity contribution is -0.120. The normalized spacial score (nSPS) is 15.9. The summed E-state index contributed by atoms with van der Waals surface area (Å²) < 4.78 is 0. The standard InChI is InChI=1S/C21H29N3OS/c1-16-7-11-24(12-8-16)10-4-9-22-20(25)14-19-15-26-21(23-19)18-6-3-5-17(2)13-18/h3,5-6,13,15-16H,4,7-12,14H2,1-2H3,(H,22,25). The number of hydrogen-bond acceptors (Lipinski definition) is 4. The predicted octanol–water partition coefficient (Wildman–Crippen LogP) is 3.90. The van der Waals surface area contributed by atoms with Crippen molar-refractivity contribution in [3.63, 3.8) is 0 Å². The molecule has 2 aromatic rings. The van der Waals surface area contributed by atoms with Crippen molar-refractivity contribution in [3.05, 3.63) is 40.9 Å². The Morgan fingerprint density at radius 3 is 2.92 bits per heavy atom. The van der Waals surface area contributed by atoms with Crippen LogP contribution in [0.1, 0.15) is 37.4 Å². The highest BCUT2D eigenvalue weighted by atomic mass is 32.1. The van der Waals surface area contributed by atoms with Gasteiger partial charge in [0.05, 0.1) is 12.1 Å². The average Bonchev–Trinajstić information content (AvgIpc) is 3.09. The largest absolute Gasteiger partial charge is 0.356 e. The maximum Gasteiger partial charge on any atom is 0.226 e. The van der Waals surface area contributed by atoms with Gasteiger partial charge in [-0.1, -0.05) is 30.7 Å². The van der Waals surface area contributed by atoms with E-state index in [1.807, 2.05) is 11.4 Å². The summed E-state index contributed by atoms with van der Waals surface area (Å²) in [6.45, 7) is 8.66. The Bertz CT molecular complexity index is 720. The van der Waals surface area contributed by atoms with E-state index < -0.39 is 0 Å². The molecule has 0 atom stereocenters. The molecule has 1 aromatic carbocycles. The number of carbonyl (C=O) groups is 1. The Balaban J connectivity index is 1.38. The smallest absolute Gasteiger partial charge is 0.226 e. The summed E-state index contributed by atoms with van der Waals surface area (Å²) in [7, 11) is 0. The van der Waals surface area contributed by atoms with E-state index in [0.29, 0.717) is 6.42 Å². The summed E-state index contributed by atoms with van der Waals surface area (Å²) in [4.78, 5) is 19.3. The molecular weight excluding hydrogens is 342 g/mol. The summed E-state index contributed by atoms with van der Waals surface area (Å²) in [5, 5.41) is 6.01. The minimum atomic E-state index is 0.0679. The van der Waals surface area contributed by atoms with Crippen molar-refractivity contribution in [3.8, 4) is 10.6 Å².